The Hall–Kier alpha value is -2.47. The zero-order chi connectivity index (χ0) is 14.9. The summed E-state index contributed by atoms with van der Waals surface area (Å²) in [7, 11) is 0. The van der Waals surface area contributed by atoms with E-state index < -0.39 is 0 Å². The molecule has 4 rings (SSSR count). The van der Waals surface area contributed by atoms with Crippen LogP contribution in [0, 0.1) is 5.82 Å². The molecule has 1 saturated heterocycles. The number of hydrogen-bond acceptors (Lipinski definition) is 5. The van der Waals surface area contributed by atoms with Crippen molar-refractivity contribution in [2.24, 2.45) is 0 Å². The number of hydrogen-bond donors (Lipinski definition) is 0. The van der Waals surface area contributed by atoms with Crippen LogP contribution < -0.4 is 0 Å². The monoisotopic (exact) mass is 299 g/mol. The highest BCUT2D eigenvalue weighted by Gasteiger charge is 2.33. The third-order valence-corrected chi connectivity index (χ3v) is 3.84. The fourth-order valence-electron chi connectivity index (χ4n) is 2.63. The van der Waals surface area contributed by atoms with Crippen LogP contribution in [0.1, 0.15) is 17.4 Å². The maximum absolute atomic E-state index is 13.6. The van der Waals surface area contributed by atoms with Crippen LogP contribution in [0.15, 0.2) is 51.6 Å². The Morgan fingerprint density at radius 3 is 2.82 bits per heavy atom. The molecule has 6 heteroatoms. The minimum Gasteiger partial charge on any atom is -0.461 e. The molecule has 0 saturated carbocycles. The first kappa shape index (κ1) is 13.2. The zero-order valence-corrected chi connectivity index (χ0v) is 11.8. The second kappa shape index (κ2) is 5.38. The molecule has 5 nitrogen and oxygen atoms in total. The van der Waals surface area contributed by atoms with Crippen molar-refractivity contribution in [2.45, 2.75) is 12.5 Å². The summed E-state index contributed by atoms with van der Waals surface area (Å²) in [6.07, 6.45) is 1.57. The molecule has 0 radical (unpaired) electrons. The molecule has 1 aromatic carbocycles. The van der Waals surface area contributed by atoms with Crippen LogP contribution in [-0.4, -0.2) is 28.1 Å². The van der Waals surface area contributed by atoms with E-state index >= 15 is 0 Å². The Labute approximate surface area is 126 Å². The van der Waals surface area contributed by atoms with Crippen LogP contribution in [0.25, 0.3) is 11.6 Å². The van der Waals surface area contributed by atoms with Crippen molar-refractivity contribution in [2.75, 3.05) is 13.1 Å². The van der Waals surface area contributed by atoms with Gasteiger partial charge in [-0.25, -0.2) is 4.39 Å². The predicted octanol–water partition coefficient (Wildman–Crippen LogP) is 3.07. The van der Waals surface area contributed by atoms with E-state index in [1.165, 1.54) is 6.07 Å². The maximum atomic E-state index is 13.6. The van der Waals surface area contributed by atoms with Crippen LogP contribution in [0.4, 0.5) is 4.39 Å². The predicted molar refractivity (Wildman–Crippen MR) is 76.4 cm³/mol. The molecule has 0 amide bonds. The van der Waals surface area contributed by atoms with Crippen molar-refractivity contribution < 1.29 is 13.3 Å². The number of halogens is 1. The topological polar surface area (TPSA) is 55.3 Å². The fourth-order valence-corrected chi connectivity index (χ4v) is 2.63. The lowest BCUT2D eigenvalue weighted by atomic mass is 9.99. The summed E-state index contributed by atoms with van der Waals surface area (Å²) in [4.78, 5) is 6.51. The molecule has 3 aromatic rings. The van der Waals surface area contributed by atoms with E-state index in [1.54, 1.807) is 24.5 Å². The highest BCUT2D eigenvalue weighted by Crippen LogP contribution is 2.29. The van der Waals surface area contributed by atoms with Gasteiger partial charge < -0.3 is 8.94 Å². The van der Waals surface area contributed by atoms with Gasteiger partial charge in [0.15, 0.2) is 5.76 Å². The summed E-state index contributed by atoms with van der Waals surface area (Å²) >= 11 is 0. The quantitative estimate of drug-likeness (QED) is 0.741. The first-order chi connectivity index (χ1) is 10.8. The third-order valence-electron chi connectivity index (χ3n) is 3.84. The number of rotatable bonds is 4. The van der Waals surface area contributed by atoms with E-state index in [-0.39, 0.29) is 11.7 Å². The standard InChI is InChI=1S/C16H14FN3O2/c17-13-5-2-1-4-11(13)8-20-9-12(10-20)16-18-15(19-22-16)14-6-3-7-21-14/h1-7,12H,8-10H2. The van der Waals surface area contributed by atoms with Gasteiger partial charge in [-0.15, -0.1) is 0 Å². The molecular formula is C16H14FN3O2. The third kappa shape index (κ3) is 2.42. The van der Waals surface area contributed by atoms with Gasteiger partial charge in [-0.2, -0.15) is 4.98 Å². The Morgan fingerprint density at radius 2 is 2.05 bits per heavy atom. The van der Waals surface area contributed by atoms with Crippen molar-refractivity contribution in [1.29, 1.82) is 0 Å². The summed E-state index contributed by atoms with van der Waals surface area (Å²) in [5.74, 6) is 1.70. The number of likely N-dealkylation sites (tertiary alicyclic amines) is 1. The van der Waals surface area contributed by atoms with E-state index in [4.69, 9.17) is 8.94 Å². The second-order valence-electron chi connectivity index (χ2n) is 5.42. The van der Waals surface area contributed by atoms with Crippen molar-refractivity contribution in [3.05, 3.63) is 59.9 Å². The minimum atomic E-state index is -0.163. The summed E-state index contributed by atoms with van der Waals surface area (Å²) in [6.45, 7) is 2.17. The van der Waals surface area contributed by atoms with Crippen LogP contribution in [0.3, 0.4) is 0 Å². The van der Waals surface area contributed by atoms with Gasteiger partial charge in [0.25, 0.3) is 0 Å². The maximum Gasteiger partial charge on any atom is 0.238 e. The van der Waals surface area contributed by atoms with Crippen LogP contribution in [-0.2, 0) is 6.54 Å². The Bertz CT molecular complexity index is 763. The molecule has 22 heavy (non-hydrogen) atoms. The Balaban J connectivity index is 1.38. The van der Waals surface area contributed by atoms with Crippen LogP contribution in [0.2, 0.25) is 0 Å². The normalized spacial score (nSPS) is 15.9. The molecule has 1 aliphatic heterocycles. The van der Waals surface area contributed by atoms with E-state index in [2.05, 4.69) is 15.0 Å². The van der Waals surface area contributed by atoms with Gasteiger partial charge in [0.05, 0.1) is 12.2 Å². The molecule has 0 bridgehead atoms. The Morgan fingerprint density at radius 1 is 1.18 bits per heavy atom. The fraction of sp³-hybridized carbons (Fsp3) is 0.250. The van der Waals surface area contributed by atoms with E-state index in [0.29, 0.717) is 29.6 Å². The van der Waals surface area contributed by atoms with Crippen molar-refractivity contribution in [3.8, 4) is 11.6 Å². The van der Waals surface area contributed by atoms with Gasteiger partial charge in [-0.3, -0.25) is 4.90 Å². The second-order valence-corrected chi connectivity index (χ2v) is 5.42. The number of aromatic nitrogens is 2. The van der Waals surface area contributed by atoms with Crippen LogP contribution >= 0.6 is 0 Å². The first-order valence-electron chi connectivity index (χ1n) is 7.13. The molecule has 0 atom stereocenters. The molecule has 0 spiro atoms. The molecular weight excluding hydrogens is 285 g/mol. The molecule has 112 valence electrons. The number of furan rings is 1. The van der Waals surface area contributed by atoms with Gasteiger partial charge in [-0.1, -0.05) is 23.4 Å². The highest BCUT2D eigenvalue weighted by atomic mass is 19.1. The molecule has 0 N–H and O–H groups in total. The van der Waals surface area contributed by atoms with Crippen molar-refractivity contribution >= 4 is 0 Å². The molecule has 0 aliphatic carbocycles. The largest absolute Gasteiger partial charge is 0.461 e. The SMILES string of the molecule is Fc1ccccc1CN1CC(c2nc(-c3ccco3)no2)C1. The van der Waals surface area contributed by atoms with Crippen molar-refractivity contribution in [1.82, 2.24) is 15.0 Å². The number of benzene rings is 1. The number of nitrogens with zero attached hydrogens (tertiary/aromatic N) is 3. The zero-order valence-electron chi connectivity index (χ0n) is 11.8. The Kier molecular flexibility index (Phi) is 3.23. The average Bonchev–Trinajstić information content (AvgIpc) is 3.15. The van der Waals surface area contributed by atoms with Crippen LogP contribution in [0.5, 0.6) is 0 Å². The smallest absolute Gasteiger partial charge is 0.238 e. The molecule has 1 aliphatic rings. The lowest BCUT2D eigenvalue weighted by molar-refractivity contribution is 0.116. The van der Waals surface area contributed by atoms with Crippen molar-refractivity contribution in [3.63, 3.8) is 0 Å². The lowest BCUT2D eigenvalue weighted by Crippen LogP contribution is -2.44. The van der Waals surface area contributed by atoms with Gasteiger partial charge in [0.1, 0.15) is 5.82 Å². The first-order valence-corrected chi connectivity index (χ1v) is 7.13. The van der Waals surface area contributed by atoms with E-state index in [0.717, 1.165) is 13.1 Å². The van der Waals surface area contributed by atoms with Gasteiger partial charge in [-0.05, 0) is 18.2 Å². The molecule has 2 aromatic heterocycles. The summed E-state index contributed by atoms with van der Waals surface area (Å²) in [5.41, 5.74) is 0.711. The van der Waals surface area contributed by atoms with Gasteiger partial charge in [0.2, 0.25) is 11.7 Å². The van der Waals surface area contributed by atoms with E-state index in [9.17, 15) is 4.39 Å². The van der Waals surface area contributed by atoms with E-state index in [1.807, 2.05) is 12.1 Å². The molecule has 1 fully saturated rings. The van der Waals surface area contributed by atoms with Gasteiger partial charge >= 0.3 is 0 Å². The average molecular weight is 299 g/mol. The molecule has 3 heterocycles. The molecule has 0 unspecified atom stereocenters. The van der Waals surface area contributed by atoms with Gasteiger partial charge in [0, 0.05) is 25.2 Å². The highest BCUT2D eigenvalue weighted by molar-refractivity contribution is 5.44. The summed E-state index contributed by atoms with van der Waals surface area (Å²) < 4.78 is 24.1. The lowest BCUT2D eigenvalue weighted by Gasteiger charge is -2.37. The summed E-state index contributed by atoms with van der Waals surface area (Å²) in [6, 6.07) is 10.4. The minimum absolute atomic E-state index is 0.163. The summed E-state index contributed by atoms with van der Waals surface area (Å²) in [5, 5.41) is 3.93.